The number of hydrogen-bond acceptors (Lipinski definition) is 4. The minimum absolute atomic E-state index is 0.204. The topological polar surface area (TPSA) is 68.3 Å². The van der Waals surface area contributed by atoms with E-state index in [1.807, 2.05) is 0 Å². The van der Waals surface area contributed by atoms with Crippen molar-refractivity contribution >= 4 is 17.0 Å². The van der Waals surface area contributed by atoms with E-state index in [-0.39, 0.29) is 22.6 Å². The average Bonchev–Trinajstić information content (AvgIpc) is 2.60. The molecule has 0 aromatic carbocycles. The monoisotopic (exact) mass is 235 g/mol. The molecule has 0 aliphatic rings. The van der Waals surface area contributed by atoms with Crippen LogP contribution in [0.1, 0.15) is 16.1 Å². The van der Waals surface area contributed by atoms with Crippen molar-refractivity contribution < 1.29 is 9.21 Å². The fourth-order valence-corrected chi connectivity index (χ4v) is 1.67. The third kappa shape index (κ3) is 1.61. The zero-order valence-electron chi connectivity index (χ0n) is 10.1. The molecule has 2 heterocycles. The van der Waals surface area contributed by atoms with Crippen LogP contribution >= 0.6 is 0 Å². The van der Waals surface area contributed by atoms with Crippen LogP contribution in [-0.4, -0.2) is 34.5 Å². The molecule has 0 atom stereocenters. The van der Waals surface area contributed by atoms with Crippen molar-refractivity contribution in [1.29, 1.82) is 0 Å². The van der Waals surface area contributed by atoms with Gasteiger partial charge in [-0.3, -0.25) is 9.59 Å². The van der Waals surface area contributed by atoms with E-state index in [1.54, 1.807) is 28.1 Å². The quantitative estimate of drug-likeness (QED) is 0.723. The molecule has 6 heteroatoms. The van der Waals surface area contributed by atoms with E-state index in [2.05, 4.69) is 4.98 Å². The third-order valence-corrected chi connectivity index (χ3v) is 2.57. The van der Waals surface area contributed by atoms with Crippen LogP contribution in [0.3, 0.4) is 0 Å². The Morgan fingerprint density at radius 2 is 2.12 bits per heavy atom. The molecule has 0 radical (unpaired) electrons. The Morgan fingerprint density at radius 1 is 1.47 bits per heavy atom. The highest BCUT2D eigenvalue weighted by Gasteiger charge is 2.23. The molecule has 2 aromatic heterocycles. The van der Waals surface area contributed by atoms with Crippen molar-refractivity contribution in [1.82, 2.24) is 14.5 Å². The standard InChI is InChI=1S/C11H13N3O3/c1-6-7(10(15)13(2)3)8-9(17-6)12-5-14(4)11(8)16/h5H,1-4H3. The molecule has 17 heavy (non-hydrogen) atoms. The molecule has 1 amide bonds. The number of furan rings is 1. The largest absolute Gasteiger partial charge is 0.442 e. The van der Waals surface area contributed by atoms with E-state index >= 15 is 0 Å². The average molecular weight is 235 g/mol. The summed E-state index contributed by atoms with van der Waals surface area (Å²) in [6.45, 7) is 1.65. The van der Waals surface area contributed by atoms with E-state index in [0.717, 1.165) is 0 Å². The van der Waals surface area contributed by atoms with E-state index in [4.69, 9.17) is 4.42 Å². The summed E-state index contributed by atoms with van der Waals surface area (Å²) in [5.74, 6) is 0.154. The minimum atomic E-state index is -0.281. The van der Waals surface area contributed by atoms with Crippen molar-refractivity contribution in [2.75, 3.05) is 14.1 Å². The van der Waals surface area contributed by atoms with Crippen LogP contribution < -0.4 is 5.56 Å². The van der Waals surface area contributed by atoms with Gasteiger partial charge in [0.2, 0.25) is 5.71 Å². The second-order valence-corrected chi connectivity index (χ2v) is 4.07. The van der Waals surface area contributed by atoms with Gasteiger partial charge in [-0.05, 0) is 6.92 Å². The molecule has 0 N–H and O–H groups in total. The van der Waals surface area contributed by atoms with Crippen molar-refractivity contribution in [2.24, 2.45) is 7.05 Å². The Hall–Kier alpha value is -2.11. The van der Waals surface area contributed by atoms with Crippen LogP contribution in [0.2, 0.25) is 0 Å². The van der Waals surface area contributed by atoms with Crippen molar-refractivity contribution in [2.45, 2.75) is 6.92 Å². The maximum absolute atomic E-state index is 12.0. The number of fused-ring (bicyclic) bond motifs is 1. The van der Waals surface area contributed by atoms with Crippen LogP contribution in [0, 0.1) is 6.92 Å². The first-order chi connectivity index (χ1) is 7.93. The summed E-state index contributed by atoms with van der Waals surface area (Å²) in [4.78, 5) is 29.4. The van der Waals surface area contributed by atoms with E-state index in [9.17, 15) is 9.59 Å². The molecule has 0 saturated heterocycles. The van der Waals surface area contributed by atoms with Crippen molar-refractivity contribution in [3.8, 4) is 0 Å². The smallest absolute Gasteiger partial charge is 0.265 e. The molecular formula is C11H13N3O3. The Morgan fingerprint density at radius 3 is 2.71 bits per heavy atom. The summed E-state index contributed by atoms with van der Waals surface area (Å²) in [7, 11) is 4.84. The van der Waals surface area contributed by atoms with Crippen LogP contribution in [0.4, 0.5) is 0 Å². The number of aromatic nitrogens is 2. The third-order valence-electron chi connectivity index (χ3n) is 2.57. The highest BCUT2D eigenvalue weighted by atomic mass is 16.3. The molecule has 0 saturated carbocycles. The van der Waals surface area contributed by atoms with Crippen molar-refractivity contribution in [3.05, 3.63) is 28.0 Å². The Kier molecular flexibility index (Phi) is 2.49. The van der Waals surface area contributed by atoms with Gasteiger partial charge in [0.05, 0.1) is 5.56 Å². The predicted molar refractivity (Wildman–Crippen MR) is 62.0 cm³/mol. The molecule has 6 nitrogen and oxygen atoms in total. The van der Waals surface area contributed by atoms with Gasteiger partial charge in [0.1, 0.15) is 17.5 Å². The highest BCUT2D eigenvalue weighted by molar-refractivity contribution is 6.05. The molecule has 2 rings (SSSR count). The van der Waals surface area contributed by atoms with Gasteiger partial charge in [-0.15, -0.1) is 0 Å². The summed E-state index contributed by atoms with van der Waals surface area (Å²) >= 11 is 0. The predicted octanol–water partition coefficient (Wildman–Crippen LogP) is 0.537. The number of carbonyl (C=O) groups is 1. The SMILES string of the molecule is Cc1oc2ncn(C)c(=O)c2c1C(=O)N(C)C. The summed E-state index contributed by atoms with van der Waals surface area (Å²) in [5, 5.41) is 0.242. The van der Waals surface area contributed by atoms with E-state index in [0.29, 0.717) is 11.3 Å². The first-order valence-electron chi connectivity index (χ1n) is 5.10. The minimum Gasteiger partial charge on any atom is -0.442 e. The van der Waals surface area contributed by atoms with Crippen LogP contribution in [0.15, 0.2) is 15.5 Å². The lowest BCUT2D eigenvalue weighted by atomic mass is 10.1. The van der Waals surface area contributed by atoms with Gasteiger partial charge in [0, 0.05) is 21.1 Å². The fraction of sp³-hybridized carbons (Fsp3) is 0.364. The zero-order valence-corrected chi connectivity index (χ0v) is 10.1. The molecule has 0 spiro atoms. The number of rotatable bonds is 1. The van der Waals surface area contributed by atoms with Gasteiger partial charge < -0.3 is 13.9 Å². The van der Waals surface area contributed by atoms with Gasteiger partial charge in [0.25, 0.3) is 11.5 Å². The molecule has 0 aliphatic heterocycles. The summed E-state index contributed by atoms with van der Waals surface area (Å²) in [6, 6.07) is 0. The maximum Gasteiger partial charge on any atom is 0.265 e. The van der Waals surface area contributed by atoms with E-state index < -0.39 is 0 Å². The van der Waals surface area contributed by atoms with Gasteiger partial charge >= 0.3 is 0 Å². The Labute approximate surface area is 97.5 Å². The summed E-state index contributed by atoms with van der Waals surface area (Å²) in [6.07, 6.45) is 1.37. The Balaban J connectivity index is 2.88. The fourth-order valence-electron chi connectivity index (χ4n) is 1.67. The maximum atomic E-state index is 12.0. The van der Waals surface area contributed by atoms with Crippen LogP contribution in [0.25, 0.3) is 11.1 Å². The molecule has 2 aromatic rings. The lowest BCUT2D eigenvalue weighted by Gasteiger charge is -2.09. The number of aryl methyl sites for hydroxylation is 2. The summed E-state index contributed by atoms with van der Waals surface area (Å²) < 4.78 is 6.66. The second-order valence-electron chi connectivity index (χ2n) is 4.07. The zero-order chi connectivity index (χ0) is 12.7. The second kappa shape index (κ2) is 3.73. The lowest BCUT2D eigenvalue weighted by Crippen LogP contribution is -2.25. The first-order valence-corrected chi connectivity index (χ1v) is 5.10. The van der Waals surface area contributed by atoms with E-state index in [1.165, 1.54) is 15.8 Å². The molecule has 0 bridgehead atoms. The van der Waals surface area contributed by atoms with Gasteiger partial charge in [-0.2, -0.15) is 0 Å². The molecule has 0 fully saturated rings. The van der Waals surface area contributed by atoms with Crippen LogP contribution in [0.5, 0.6) is 0 Å². The van der Waals surface area contributed by atoms with Gasteiger partial charge in [-0.25, -0.2) is 4.98 Å². The normalized spacial score (nSPS) is 10.8. The highest BCUT2D eigenvalue weighted by Crippen LogP contribution is 2.21. The summed E-state index contributed by atoms with van der Waals surface area (Å²) in [5.41, 5.74) is 0.214. The van der Waals surface area contributed by atoms with Gasteiger partial charge in [-0.1, -0.05) is 0 Å². The number of nitrogens with zero attached hydrogens (tertiary/aromatic N) is 3. The molecule has 0 unspecified atom stereocenters. The van der Waals surface area contributed by atoms with Crippen molar-refractivity contribution in [3.63, 3.8) is 0 Å². The van der Waals surface area contributed by atoms with Gasteiger partial charge in [0.15, 0.2) is 0 Å². The number of amides is 1. The first kappa shape index (κ1) is 11.4. The molecule has 0 aliphatic carbocycles. The molecule has 90 valence electrons. The lowest BCUT2D eigenvalue weighted by molar-refractivity contribution is 0.0827. The Bertz CT molecular complexity index is 652. The van der Waals surface area contributed by atoms with Crippen LogP contribution in [-0.2, 0) is 7.05 Å². The molecular weight excluding hydrogens is 222 g/mol. The number of carbonyl (C=O) groups excluding carboxylic acids is 1. The number of hydrogen-bond donors (Lipinski definition) is 0.